The molecule has 1 saturated heterocycles. The van der Waals surface area contributed by atoms with Gasteiger partial charge in [0.25, 0.3) is 0 Å². The molecule has 0 saturated carbocycles. The molecule has 0 radical (unpaired) electrons. The van der Waals surface area contributed by atoms with Crippen molar-refractivity contribution in [2.45, 2.75) is 25.3 Å². The number of aliphatic carboxylic acids is 1. The number of rotatable bonds is 7. The van der Waals surface area contributed by atoms with Gasteiger partial charge in [-0.25, -0.2) is 0 Å². The Balaban J connectivity index is 2.10. The van der Waals surface area contributed by atoms with Crippen LogP contribution in [0.1, 0.15) is 19.3 Å². The molecular formula is C17H24N2O6. The Hall–Kier alpha value is -2.48. The summed E-state index contributed by atoms with van der Waals surface area (Å²) in [5, 5.41) is 12.0. The topological polar surface area (TPSA) is 97.3 Å². The Morgan fingerprint density at radius 1 is 1.16 bits per heavy atom. The molecule has 2 N–H and O–H groups in total. The van der Waals surface area contributed by atoms with E-state index < -0.39 is 12.0 Å². The lowest BCUT2D eigenvalue weighted by Crippen LogP contribution is -2.47. The van der Waals surface area contributed by atoms with E-state index in [4.69, 9.17) is 14.2 Å². The van der Waals surface area contributed by atoms with E-state index in [-0.39, 0.29) is 12.5 Å². The summed E-state index contributed by atoms with van der Waals surface area (Å²) in [6.07, 6.45) is 2.32. The third-order valence-electron chi connectivity index (χ3n) is 4.19. The summed E-state index contributed by atoms with van der Waals surface area (Å²) in [5.41, 5.74) is 0.489. The van der Waals surface area contributed by atoms with Gasteiger partial charge in [-0.15, -0.1) is 0 Å². The Morgan fingerprint density at radius 2 is 1.80 bits per heavy atom. The number of likely N-dealkylation sites (tertiary alicyclic amines) is 1. The van der Waals surface area contributed by atoms with Crippen LogP contribution in [-0.2, 0) is 9.59 Å². The smallest absolute Gasteiger partial charge is 0.320 e. The van der Waals surface area contributed by atoms with Crippen LogP contribution in [0.5, 0.6) is 17.2 Å². The second kappa shape index (κ2) is 8.57. The van der Waals surface area contributed by atoms with Gasteiger partial charge >= 0.3 is 5.97 Å². The minimum Gasteiger partial charge on any atom is -0.493 e. The first kappa shape index (κ1) is 18.9. The van der Waals surface area contributed by atoms with Crippen LogP contribution < -0.4 is 19.5 Å². The number of carbonyl (C=O) groups excluding carboxylic acids is 1. The summed E-state index contributed by atoms with van der Waals surface area (Å²) >= 11 is 0. The first-order chi connectivity index (χ1) is 12.0. The average Bonchev–Trinajstić information content (AvgIpc) is 2.60. The highest BCUT2D eigenvalue weighted by Crippen LogP contribution is 2.39. The maximum Gasteiger partial charge on any atom is 0.320 e. The summed E-state index contributed by atoms with van der Waals surface area (Å²) in [6, 6.07) is 2.65. The van der Waals surface area contributed by atoms with Gasteiger partial charge in [0, 0.05) is 17.8 Å². The first-order valence-corrected chi connectivity index (χ1v) is 8.06. The standard InChI is InChI=1S/C17H24N2O6/c1-23-13-8-11(9-14(24-2)16(13)25-3)18-15(20)10-19-7-5-4-6-12(19)17(21)22/h8-9,12H,4-7,10H2,1-3H3,(H,18,20)(H,21,22). The molecule has 8 nitrogen and oxygen atoms in total. The highest BCUT2D eigenvalue weighted by Gasteiger charge is 2.29. The molecule has 0 bridgehead atoms. The zero-order chi connectivity index (χ0) is 18.4. The van der Waals surface area contributed by atoms with Crippen molar-refractivity contribution in [3.8, 4) is 17.2 Å². The third-order valence-corrected chi connectivity index (χ3v) is 4.19. The van der Waals surface area contributed by atoms with E-state index in [0.717, 1.165) is 12.8 Å². The number of hydrogen-bond donors (Lipinski definition) is 2. The van der Waals surface area contributed by atoms with E-state index >= 15 is 0 Å². The van der Waals surface area contributed by atoms with Crippen LogP contribution in [0.4, 0.5) is 5.69 Å². The van der Waals surface area contributed by atoms with Crippen molar-refractivity contribution in [3.63, 3.8) is 0 Å². The van der Waals surface area contributed by atoms with Crippen LogP contribution in [0, 0.1) is 0 Å². The van der Waals surface area contributed by atoms with Gasteiger partial charge in [-0.1, -0.05) is 6.42 Å². The van der Waals surface area contributed by atoms with Gasteiger partial charge in [0.1, 0.15) is 6.04 Å². The number of carboxylic acids is 1. The molecule has 1 amide bonds. The first-order valence-electron chi connectivity index (χ1n) is 8.06. The molecule has 0 aromatic heterocycles. The lowest BCUT2D eigenvalue weighted by atomic mass is 10.0. The van der Waals surface area contributed by atoms with Gasteiger partial charge in [-0.2, -0.15) is 0 Å². The fourth-order valence-electron chi connectivity index (χ4n) is 3.00. The summed E-state index contributed by atoms with van der Waals surface area (Å²) < 4.78 is 15.8. The van der Waals surface area contributed by atoms with Gasteiger partial charge in [-0.3, -0.25) is 14.5 Å². The predicted octanol–water partition coefficient (Wildman–Crippen LogP) is 1.59. The van der Waals surface area contributed by atoms with E-state index in [1.54, 1.807) is 17.0 Å². The number of piperidine rings is 1. The number of benzene rings is 1. The number of ether oxygens (including phenoxy) is 3. The summed E-state index contributed by atoms with van der Waals surface area (Å²) in [7, 11) is 4.49. The molecule has 1 unspecified atom stereocenters. The van der Waals surface area contributed by atoms with Gasteiger partial charge < -0.3 is 24.6 Å². The van der Waals surface area contributed by atoms with Crippen LogP contribution >= 0.6 is 0 Å². The van der Waals surface area contributed by atoms with Crippen molar-refractivity contribution in [2.75, 3.05) is 39.7 Å². The largest absolute Gasteiger partial charge is 0.493 e. The maximum absolute atomic E-state index is 12.3. The molecule has 2 rings (SSSR count). The zero-order valence-electron chi connectivity index (χ0n) is 14.7. The molecule has 1 aliphatic heterocycles. The molecule has 1 aromatic rings. The number of carboxylic acid groups (broad SMARTS) is 1. The van der Waals surface area contributed by atoms with Crippen LogP contribution in [0.15, 0.2) is 12.1 Å². The Labute approximate surface area is 146 Å². The fraction of sp³-hybridized carbons (Fsp3) is 0.529. The molecule has 1 fully saturated rings. The van der Waals surface area contributed by atoms with E-state index in [0.29, 0.717) is 35.9 Å². The summed E-state index contributed by atoms with van der Waals surface area (Å²) in [4.78, 5) is 25.4. The molecule has 1 atom stereocenters. The monoisotopic (exact) mass is 352 g/mol. The van der Waals surface area contributed by atoms with Gasteiger partial charge in [0.05, 0.1) is 27.9 Å². The van der Waals surface area contributed by atoms with E-state index in [9.17, 15) is 14.7 Å². The second-order valence-electron chi connectivity index (χ2n) is 5.78. The van der Waals surface area contributed by atoms with Crippen LogP contribution in [-0.4, -0.2) is 62.3 Å². The van der Waals surface area contributed by atoms with Crippen molar-refractivity contribution >= 4 is 17.6 Å². The zero-order valence-corrected chi connectivity index (χ0v) is 14.7. The Morgan fingerprint density at radius 3 is 2.32 bits per heavy atom. The average molecular weight is 352 g/mol. The second-order valence-corrected chi connectivity index (χ2v) is 5.78. The van der Waals surface area contributed by atoms with Gasteiger partial charge in [0.2, 0.25) is 11.7 Å². The van der Waals surface area contributed by atoms with Crippen molar-refractivity contribution in [3.05, 3.63) is 12.1 Å². The van der Waals surface area contributed by atoms with Crippen molar-refractivity contribution in [1.29, 1.82) is 0 Å². The molecule has 1 heterocycles. The predicted molar refractivity (Wildman–Crippen MR) is 91.6 cm³/mol. The molecule has 138 valence electrons. The Bertz CT molecular complexity index is 609. The van der Waals surface area contributed by atoms with Gasteiger partial charge in [0.15, 0.2) is 11.5 Å². The van der Waals surface area contributed by atoms with Crippen molar-refractivity contribution in [2.24, 2.45) is 0 Å². The fourth-order valence-corrected chi connectivity index (χ4v) is 3.00. The van der Waals surface area contributed by atoms with Crippen molar-refractivity contribution < 1.29 is 28.9 Å². The van der Waals surface area contributed by atoms with Crippen LogP contribution in [0.25, 0.3) is 0 Å². The Kier molecular flexibility index (Phi) is 6.46. The SMILES string of the molecule is COc1cc(NC(=O)CN2CCCCC2C(=O)O)cc(OC)c1OC. The molecule has 0 spiro atoms. The number of hydrogen-bond acceptors (Lipinski definition) is 6. The number of methoxy groups -OCH3 is 3. The van der Waals surface area contributed by atoms with E-state index in [2.05, 4.69) is 5.32 Å². The lowest BCUT2D eigenvalue weighted by Gasteiger charge is -2.32. The highest BCUT2D eigenvalue weighted by atomic mass is 16.5. The molecule has 8 heteroatoms. The van der Waals surface area contributed by atoms with E-state index in [1.165, 1.54) is 21.3 Å². The van der Waals surface area contributed by atoms with Crippen LogP contribution in [0.3, 0.4) is 0 Å². The molecule has 1 aromatic carbocycles. The molecule has 25 heavy (non-hydrogen) atoms. The molecular weight excluding hydrogens is 328 g/mol. The number of nitrogens with zero attached hydrogens (tertiary/aromatic N) is 1. The maximum atomic E-state index is 12.3. The van der Waals surface area contributed by atoms with Crippen LogP contribution in [0.2, 0.25) is 0 Å². The number of carbonyl (C=O) groups is 2. The minimum absolute atomic E-state index is 0.0215. The van der Waals surface area contributed by atoms with Crippen molar-refractivity contribution in [1.82, 2.24) is 4.90 Å². The number of nitrogens with one attached hydrogen (secondary N) is 1. The van der Waals surface area contributed by atoms with Gasteiger partial charge in [-0.05, 0) is 19.4 Å². The minimum atomic E-state index is -0.889. The normalized spacial score (nSPS) is 17.6. The molecule has 1 aliphatic rings. The third kappa shape index (κ3) is 4.54. The number of anilines is 1. The summed E-state index contributed by atoms with van der Waals surface area (Å²) in [6.45, 7) is 0.618. The lowest BCUT2D eigenvalue weighted by molar-refractivity contribution is -0.145. The molecule has 0 aliphatic carbocycles. The quantitative estimate of drug-likeness (QED) is 0.769. The summed E-state index contributed by atoms with van der Waals surface area (Å²) in [5.74, 6) is 0.116. The highest BCUT2D eigenvalue weighted by molar-refractivity contribution is 5.93. The number of amides is 1. The van der Waals surface area contributed by atoms with E-state index in [1.807, 2.05) is 0 Å².